The Labute approximate surface area is 145 Å². The number of carbonyl (C=O) groups excluding carboxylic acids is 1. The second-order valence-electron chi connectivity index (χ2n) is 5.99. The predicted octanol–water partition coefficient (Wildman–Crippen LogP) is 2.45. The van der Waals surface area contributed by atoms with E-state index in [4.69, 9.17) is 9.84 Å². The van der Waals surface area contributed by atoms with Crippen molar-refractivity contribution in [3.63, 3.8) is 0 Å². The van der Waals surface area contributed by atoms with E-state index in [0.717, 1.165) is 29.1 Å². The summed E-state index contributed by atoms with van der Waals surface area (Å²) in [4.78, 5) is 22.0. The van der Waals surface area contributed by atoms with Crippen molar-refractivity contribution in [2.24, 2.45) is 0 Å². The van der Waals surface area contributed by atoms with Crippen LogP contribution in [0.4, 0.5) is 0 Å². The number of thiazole rings is 1. The molecule has 0 aromatic carbocycles. The second kappa shape index (κ2) is 7.92. The summed E-state index contributed by atoms with van der Waals surface area (Å²) < 4.78 is 5.71. The predicted molar refractivity (Wildman–Crippen MR) is 93.2 cm³/mol. The number of rotatable bonds is 6. The summed E-state index contributed by atoms with van der Waals surface area (Å²) in [5.74, 6) is 0.0296. The molecule has 0 radical (unpaired) electrons. The standard InChI is InChI=1S/C17H23N3O3S/c1-12-19-16(11-24-12)13-9-15(18-10-13)17(22)20-5-3-14(4-6-20)23-8-2-7-21/h9-11,14,18,21H,2-8H2,1H3. The lowest BCUT2D eigenvalue weighted by molar-refractivity contribution is 0.00385. The zero-order chi connectivity index (χ0) is 16.9. The Morgan fingerprint density at radius 1 is 1.50 bits per heavy atom. The first-order valence-corrected chi connectivity index (χ1v) is 9.18. The number of nitrogens with zero attached hydrogens (tertiary/aromatic N) is 2. The van der Waals surface area contributed by atoms with Crippen molar-refractivity contribution in [3.8, 4) is 11.3 Å². The molecular weight excluding hydrogens is 326 g/mol. The number of likely N-dealkylation sites (tertiary alicyclic amines) is 1. The van der Waals surface area contributed by atoms with E-state index in [1.807, 2.05) is 29.5 Å². The van der Waals surface area contributed by atoms with Gasteiger partial charge in [0, 0.05) is 43.4 Å². The van der Waals surface area contributed by atoms with Crippen LogP contribution in [0.3, 0.4) is 0 Å². The lowest BCUT2D eigenvalue weighted by atomic mass is 10.1. The topological polar surface area (TPSA) is 78.5 Å². The number of aryl methyl sites for hydroxylation is 1. The number of aromatic nitrogens is 2. The number of aromatic amines is 1. The normalized spacial score (nSPS) is 15.8. The number of aliphatic hydroxyl groups is 1. The summed E-state index contributed by atoms with van der Waals surface area (Å²) in [7, 11) is 0. The quantitative estimate of drug-likeness (QED) is 0.785. The summed E-state index contributed by atoms with van der Waals surface area (Å²) in [6.45, 7) is 4.12. The third-order valence-electron chi connectivity index (χ3n) is 4.21. The maximum atomic E-state index is 12.6. The van der Waals surface area contributed by atoms with E-state index in [9.17, 15) is 4.79 Å². The van der Waals surface area contributed by atoms with Gasteiger partial charge in [0.05, 0.1) is 16.8 Å². The highest BCUT2D eigenvalue weighted by Gasteiger charge is 2.25. The van der Waals surface area contributed by atoms with Gasteiger partial charge in [0.1, 0.15) is 5.69 Å². The molecular formula is C17H23N3O3S. The molecule has 1 saturated heterocycles. The lowest BCUT2D eigenvalue weighted by Gasteiger charge is -2.31. The number of piperidine rings is 1. The van der Waals surface area contributed by atoms with Crippen molar-refractivity contribution in [1.29, 1.82) is 0 Å². The van der Waals surface area contributed by atoms with Crippen LogP contribution >= 0.6 is 11.3 Å². The molecule has 0 saturated carbocycles. The van der Waals surface area contributed by atoms with Gasteiger partial charge < -0.3 is 19.7 Å². The van der Waals surface area contributed by atoms with Gasteiger partial charge in [-0.05, 0) is 32.3 Å². The second-order valence-corrected chi connectivity index (χ2v) is 7.06. The van der Waals surface area contributed by atoms with Gasteiger partial charge >= 0.3 is 0 Å². The van der Waals surface area contributed by atoms with Crippen LogP contribution in [0.5, 0.6) is 0 Å². The Hall–Kier alpha value is -1.70. The van der Waals surface area contributed by atoms with Crippen molar-refractivity contribution in [3.05, 3.63) is 28.3 Å². The van der Waals surface area contributed by atoms with Crippen molar-refractivity contribution in [2.75, 3.05) is 26.3 Å². The maximum Gasteiger partial charge on any atom is 0.270 e. The van der Waals surface area contributed by atoms with E-state index in [-0.39, 0.29) is 18.6 Å². The zero-order valence-corrected chi connectivity index (χ0v) is 14.6. The summed E-state index contributed by atoms with van der Waals surface area (Å²) in [5, 5.41) is 11.8. The molecule has 130 valence electrons. The smallest absolute Gasteiger partial charge is 0.270 e. The molecule has 1 aliphatic rings. The highest BCUT2D eigenvalue weighted by molar-refractivity contribution is 7.09. The van der Waals surface area contributed by atoms with Crippen LogP contribution in [0.15, 0.2) is 17.6 Å². The number of hydrogen-bond acceptors (Lipinski definition) is 5. The lowest BCUT2D eigenvalue weighted by Crippen LogP contribution is -2.41. The van der Waals surface area contributed by atoms with Crippen molar-refractivity contribution >= 4 is 17.2 Å². The molecule has 3 heterocycles. The van der Waals surface area contributed by atoms with Gasteiger partial charge in [-0.15, -0.1) is 11.3 Å². The summed E-state index contributed by atoms with van der Waals surface area (Å²) >= 11 is 1.60. The number of nitrogens with one attached hydrogen (secondary N) is 1. The van der Waals surface area contributed by atoms with Crippen LogP contribution < -0.4 is 0 Å². The Bertz CT molecular complexity index is 674. The van der Waals surface area contributed by atoms with E-state index >= 15 is 0 Å². The Morgan fingerprint density at radius 2 is 2.29 bits per heavy atom. The fraction of sp³-hybridized carbons (Fsp3) is 0.529. The van der Waals surface area contributed by atoms with Crippen LogP contribution in [0.25, 0.3) is 11.3 Å². The molecule has 0 atom stereocenters. The SMILES string of the molecule is Cc1nc(-c2c[nH]c(C(=O)N3CCC(OCCCO)CC3)c2)cs1. The van der Waals surface area contributed by atoms with Crippen LogP contribution in [0.2, 0.25) is 0 Å². The molecule has 0 spiro atoms. The third kappa shape index (κ3) is 4.03. The number of ether oxygens (including phenoxy) is 1. The van der Waals surface area contributed by atoms with Gasteiger partial charge in [-0.25, -0.2) is 4.98 Å². The number of carbonyl (C=O) groups is 1. The Kier molecular flexibility index (Phi) is 5.65. The van der Waals surface area contributed by atoms with Gasteiger partial charge in [-0.1, -0.05) is 0 Å². The van der Waals surface area contributed by atoms with Crippen LogP contribution in [0.1, 0.15) is 34.8 Å². The van der Waals surface area contributed by atoms with E-state index in [1.165, 1.54) is 0 Å². The van der Waals surface area contributed by atoms with E-state index in [1.54, 1.807) is 11.3 Å². The van der Waals surface area contributed by atoms with E-state index in [0.29, 0.717) is 31.8 Å². The largest absolute Gasteiger partial charge is 0.396 e. The van der Waals surface area contributed by atoms with Gasteiger partial charge in [0.25, 0.3) is 5.91 Å². The third-order valence-corrected chi connectivity index (χ3v) is 4.99. The van der Waals surface area contributed by atoms with E-state index < -0.39 is 0 Å². The first-order valence-electron chi connectivity index (χ1n) is 8.30. The van der Waals surface area contributed by atoms with Crippen molar-refractivity contribution in [2.45, 2.75) is 32.3 Å². The monoisotopic (exact) mass is 349 g/mol. The average molecular weight is 349 g/mol. The molecule has 1 amide bonds. The van der Waals surface area contributed by atoms with Crippen LogP contribution in [-0.4, -0.2) is 58.3 Å². The first kappa shape index (κ1) is 17.1. The van der Waals surface area contributed by atoms with Crippen LogP contribution in [-0.2, 0) is 4.74 Å². The molecule has 2 aromatic heterocycles. The molecule has 6 nitrogen and oxygen atoms in total. The summed E-state index contributed by atoms with van der Waals surface area (Å²) in [6, 6.07) is 1.88. The van der Waals surface area contributed by atoms with Gasteiger partial charge in [0.2, 0.25) is 0 Å². The molecule has 1 fully saturated rings. The molecule has 3 rings (SSSR count). The molecule has 7 heteroatoms. The molecule has 24 heavy (non-hydrogen) atoms. The summed E-state index contributed by atoms with van der Waals surface area (Å²) in [5.41, 5.74) is 2.46. The molecule has 0 bridgehead atoms. The highest BCUT2D eigenvalue weighted by Crippen LogP contribution is 2.23. The van der Waals surface area contributed by atoms with Gasteiger partial charge in [0.15, 0.2) is 0 Å². The molecule has 0 aliphatic carbocycles. The number of H-pyrrole nitrogens is 1. The molecule has 2 aromatic rings. The molecule has 2 N–H and O–H groups in total. The van der Waals surface area contributed by atoms with Crippen molar-refractivity contribution < 1.29 is 14.6 Å². The van der Waals surface area contributed by atoms with Gasteiger partial charge in [-0.3, -0.25) is 4.79 Å². The minimum absolute atomic E-state index is 0.0296. The minimum Gasteiger partial charge on any atom is -0.396 e. The van der Waals surface area contributed by atoms with E-state index in [2.05, 4.69) is 9.97 Å². The zero-order valence-electron chi connectivity index (χ0n) is 13.8. The Balaban J connectivity index is 1.55. The van der Waals surface area contributed by atoms with Crippen molar-refractivity contribution in [1.82, 2.24) is 14.9 Å². The fourth-order valence-electron chi connectivity index (χ4n) is 2.87. The van der Waals surface area contributed by atoms with Gasteiger partial charge in [-0.2, -0.15) is 0 Å². The summed E-state index contributed by atoms with van der Waals surface area (Å²) in [6.07, 6.45) is 4.39. The average Bonchev–Trinajstić information content (AvgIpc) is 3.24. The Morgan fingerprint density at radius 3 is 2.96 bits per heavy atom. The van der Waals surface area contributed by atoms with Crippen LogP contribution in [0, 0.1) is 6.92 Å². The number of hydrogen-bond donors (Lipinski definition) is 2. The first-order chi connectivity index (χ1) is 11.7. The number of aliphatic hydroxyl groups excluding tert-OH is 1. The molecule has 0 unspecified atom stereocenters. The maximum absolute atomic E-state index is 12.6. The number of amides is 1. The fourth-order valence-corrected chi connectivity index (χ4v) is 3.49. The molecule has 1 aliphatic heterocycles. The minimum atomic E-state index is 0.0296. The highest BCUT2D eigenvalue weighted by atomic mass is 32.1.